The molecule has 4 heteroatoms. The van der Waals surface area contributed by atoms with Crippen molar-refractivity contribution in [2.45, 2.75) is 58.8 Å². The van der Waals surface area contributed by atoms with Crippen LogP contribution in [0.25, 0.3) is 0 Å². The van der Waals surface area contributed by atoms with Crippen LogP contribution < -0.4 is 0 Å². The van der Waals surface area contributed by atoms with Crippen LogP contribution in [0.4, 0.5) is 0 Å². The van der Waals surface area contributed by atoms with E-state index >= 15 is 0 Å². The molecule has 0 fully saturated rings. The van der Waals surface area contributed by atoms with E-state index in [0.29, 0.717) is 10.7 Å². The van der Waals surface area contributed by atoms with Crippen molar-refractivity contribution in [1.29, 1.82) is 0 Å². The van der Waals surface area contributed by atoms with Crippen LogP contribution >= 0.6 is 15.9 Å². The summed E-state index contributed by atoms with van der Waals surface area (Å²) in [6.07, 6.45) is 3.79. The largest absolute Gasteiger partial charge is 0.250 e. The number of halogens is 1. The lowest BCUT2D eigenvalue weighted by Crippen LogP contribution is -2.22. The van der Waals surface area contributed by atoms with Crippen LogP contribution in [0.3, 0.4) is 0 Å². The second-order valence-electron chi connectivity index (χ2n) is 6.08. The second-order valence-corrected chi connectivity index (χ2v) is 7.64. The molecule has 1 heterocycles. The van der Waals surface area contributed by atoms with E-state index in [0.717, 1.165) is 25.2 Å². The molecule has 1 unspecified atom stereocenters. The van der Waals surface area contributed by atoms with Gasteiger partial charge in [0.25, 0.3) is 0 Å². The highest BCUT2D eigenvalue weighted by Gasteiger charge is 2.23. The zero-order valence-corrected chi connectivity index (χ0v) is 13.2. The van der Waals surface area contributed by atoms with E-state index < -0.39 is 0 Å². The van der Waals surface area contributed by atoms with Crippen molar-refractivity contribution < 1.29 is 0 Å². The fourth-order valence-corrected chi connectivity index (χ4v) is 3.06. The summed E-state index contributed by atoms with van der Waals surface area (Å²) in [7, 11) is 0. The highest BCUT2D eigenvalue weighted by molar-refractivity contribution is 9.09. The first kappa shape index (κ1) is 14.7. The van der Waals surface area contributed by atoms with Crippen LogP contribution in [0.2, 0.25) is 0 Å². The lowest BCUT2D eigenvalue weighted by atomic mass is 9.84. The van der Waals surface area contributed by atoms with E-state index in [4.69, 9.17) is 0 Å². The smallest absolute Gasteiger partial charge is 0.138 e. The summed E-state index contributed by atoms with van der Waals surface area (Å²) in [5.41, 5.74) is 0.255. The van der Waals surface area contributed by atoms with Crippen LogP contribution in [-0.4, -0.2) is 19.6 Å². The van der Waals surface area contributed by atoms with Crippen molar-refractivity contribution in [3.05, 3.63) is 12.2 Å². The Morgan fingerprint density at radius 3 is 2.53 bits per heavy atom. The third kappa shape index (κ3) is 5.19. The molecule has 0 aromatic carbocycles. The van der Waals surface area contributed by atoms with Crippen molar-refractivity contribution in [2.75, 3.05) is 0 Å². The standard InChI is InChI=1S/C13H24BrN3/c1-10(2)8-17-12(15-9-16-17)7-13(4,5)6-11(3)14/h9-11H,6-8H2,1-5H3. The fraction of sp³-hybridized carbons (Fsp3) is 0.846. The lowest BCUT2D eigenvalue weighted by molar-refractivity contribution is 0.316. The van der Waals surface area contributed by atoms with Gasteiger partial charge in [-0.3, -0.25) is 0 Å². The van der Waals surface area contributed by atoms with Gasteiger partial charge in [0.15, 0.2) is 0 Å². The number of rotatable bonds is 6. The molecule has 0 saturated heterocycles. The summed E-state index contributed by atoms with van der Waals surface area (Å²) in [4.78, 5) is 4.94. The van der Waals surface area contributed by atoms with Crippen LogP contribution in [-0.2, 0) is 13.0 Å². The van der Waals surface area contributed by atoms with Crippen molar-refractivity contribution in [1.82, 2.24) is 14.8 Å². The molecule has 0 saturated carbocycles. The Kier molecular flexibility index (Phi) is 5.17. The molecule has 3 nitrogen and oxygen atoms in total. The Hall–Kier alpha value is -0.380. The van der Waals surface area contributed by atoms with Gasteiger partial charge in [0.2, 0.25) is 0 Å². The summed E-state index contributed by atoms with van der Waals surface area (Å²) in [5.74, 6) is 1.71. The monoisotopic (exact) mass is 301 g/mol. The van der Waals surface area contributed by atoms with E-state index in [-0.39, 0.29) is 5.41 Å². The Labute approximate surface area is 113 Å². The molecule has 0 spiro atoms. The maximum atomic E-state index is 4.40. The number of alkyl halides is 1. The predicted molar refractivity (Wildman–Crippen MR) is 75.4 cm³/mol. The summed E-state index contributed by atoms with van der Waals surface area (Å²) < 4.78 is 2.05. The SMILES string of the molecule is CC(C)Cn1ncnc1CC(C)(C)CC(C)Br. The molecule has 0 aliphatic rings. The van der Waals surface area contributed by atoms with E-state index in [1.165, 1.54) is 0 Å². The predicted octanol–water partition coefficient (Wildman–Crippen LogP) is 3.68. The molecular formula is C13H24BrN3. The van der Waals surface area contributed by atoms with Gasteiger partial charge in [0.1, 0.15) is 12.2 Å². The average molecular weight is 302 g/mol. The van der Waals surface area contributed by atoms with Gasteiger partial charge in [-0.25, -0.2) is 9.67 Å². The molecule has 0 aliphatic heterocycles. The molecule has 1 aromatic rings. The van der Waals surface area contributed by atoms with Gasteiger partial charge in [0.05, 0.1) is 0 Å². The normalized spacial score (nSPS) is 14.3. The number of hydrogen-bond acceptors (Lipinski definition) is 2. The van der Waals surface area contributed by atoms with Crippen molar-refractivity contribution in [3.63, 3.8) is 0 Å². The molecule has 0 N–H and O–H groups in total. The summed E-state index contributed by atoms with van der Waals surface area (Å²) in [6, 6.07) is 0. The van der Waals surface area contributed by atoms with E-state index in [1.54, 1.807) is 6.33 Å². The topological polar surface area (TPSA) is 30.7 Å². The molecule has 1 atom stereocenters. The van der Waals surface area contributed by atoms with Crippen LogP contribution in [0.5, 0.6) is 0 Å². The van der Waals surface area contributed by atoms with Gasteiger partial charge in [-0.15, -0.1) is 0 Å². The molecule has 0 aliphatic carbocycles. The van der Waals surface area contributed by atoms with Gasteiger partial charge >= 0.3 is 0 Å². The quantitative estimate of drug-likeness (QED) is 0.751. The summed E-state index contributed by atoms with van der Waals surface area (Å²) in [5, 5.41) is 4.31. The minimum Gasteiger partial charge on any atom is -0.250 e. The molecule has 0 bridgehead atoms. The van der Waals surface area contributed by atoms with Gasteiger partial charge in [-0.05, 0) is 17.8 Å². The van der Waals surface area contributed by atoms with Crippen molar-refractivity contribution in [2.24, 2.45) is 11.3 Å². The molecule has 98 valence electrons. The first-order valence-electron chi connectivity index (χ1n) is 6.31. The highest BCUT2D eigenvalue weighted by atomic mass is 79.9. The Morgan fingerprint density at radius 1 is 1.35 bits per heavy atom. The van der Waals surface area contributed by atoms with E-state index in [2.05, 4.69) is 60.6 Å². The average Bonchev–Trinajstić information content (AvgIpc) is 2.48. The summed E-state index contributed by atoms with van der Waals surface area (Å²) >= 11 is 3.63. The number of nitrogens with zero attached hydrogens (tertiary/aromatic N) is 3. The third-order valence-corrected chi connectivity index (χ3v) is 3.03. The van der Waals surface area contributed by atoms with Gasteiger partial charge in [-0.2, -0.15) is 5.10 Å². The molecule has 1 rings (SSSR count). The Morgan fingerprint density at radius 2 is 2.00 bits per heavy atom. The third-order valence-electron chi connectivity index (χ3n) is 2.70. The minimum atomic E-state index is 0.255. The van der Waals surface area contributed by atoms with Crippen molar-refractivity contribution in [3.8, 4) is 0 Å². The van der Waals surface area contributed by atoms with Gasteiger partial charge in [0, 0.05) is 17.8 Å². The summed E-state index contributed by atoms with van der Waals surface area (Å²) in [6.45, 7) is 12.1. The number of hydrogen-bond donors (Lipinski definition) is 0. The van der Waals surface area contributed by atoms with Crippen LogP contribution in [0.1, 0.15) is 46.9 Å². The Bertz CT molecular complexity index is 342. The zero-order valence-electron chi connectivity index (χ0n) is 11.6. The zero-order chi connectivity index (χ0) is 13.1. The maximum absolute atomic E-state index is 4.40. The molecular weight excluding hydrogens is 278 g/mol. The number of aromatic nitrogens is 3. The highest BCUT2D eigenvalue weighted by Crippen LogP contribution is 2.29. The first-order valence-corrected chi connectivity index (χ1v) is 7.22. The van der Waals surface area contributed by atoms with Crippen molar-refractivity contribution >= 4 is 15.9 Å². The first-order chi connectivity index (χ1) is 7.80. The van der Waals surface area contributed by atoms with E-state index in [9.17, 15) is 0 Å². The van der Waals surface area contributed by atoms with E-state index in [1.807, 2.05) is 4.68 Å². The lowest BCUT2D eigenvalue weighted by Gasteiger charge is -2.25. The minimum absolute atomic E-state index is 0.255. The van der Waals surface area contributed by atoms with Crippen LogP contribution in [0, 0.1) is 11.3 Å². The Balaban J connectivity index is 2.70. The van der Waals surface area contributed by atoms with Gasteiger partial charge < -0.3 is 0 Å². The molecule has 0 radical (unpaired) electrons. The molecule has 0 amide bonds. The molecule has 1 aromatic heterocycles. The molecule has 17 heavy (non-hydrogen) atoms. The fourth-order valence-electron chi connectivity index (χ4n) is 2.19. The maximum Gasteiger partial charge on any atom is 0.138 e. The van der Waals surface area contributed by atoms with Crippen LogP contribution in [0.15, 0.2) is 6.33 Å². The second kappa shape index (κ2) is 5.98. The van der Waals surface area contributed by atoms with Gasteiger partial charge in [-0.1, -0.05) is 50.5 Å².